The molecule has 1 aliphatic rings. The van der Waals surface area contributed by atoms with Gasteiger partial charge in [0, 0.05) is 18.9 Å². The van der Waals surface area contributed by atoms with Gasteiger partial charge in [0.15, 0.2) is 0 Å². The zero-order chi connectivity index (χ0) is 16.4. The second-order valence-electron chi connectivity index (χ2n) is 5.74. The van der Waals surface area contributed by atoms with Crippen LogP contribution in [0.15, 0.2) is 53.6 Å². The Balaban J connectivity index is 1.97. The summed E-state index contributed by atoms with van der Waals surface area (Å²) in [6, 6.07) is 15.9. The number of nitrogens with zero attached hydrogens (tertiary/aromatic N) is 2. The third kappa shape index (κ3) is 2.97. The topological polar surface area (TPSA) is 41.9 Å². The number of hydrogen-bond donors (Lipinski definition) is 0. The first-order valence-electron chi connectivity index (χ1n) is 7.67. The van der Waals surface area contributed by atoms with Gasteiger partial charge in [-0.15, -0.1) is 0 Å². The molecule has 0 saturated heterocycles. The van der Waals surface area contributed by atoms with E-state index < -0.39 is 0 Å². The van der Waals surface area contributed by atoms with E-state index in [9.17, 15) is 4.79 Å². The SMILES string of the molecule is COc1ccccc1[C@@H]1CC(c2ccc(C)cc2)=NN1C(C)=O. The van der Waals surface area contributed by atoms with Crippen molar-refractivity contribution in [2.45, 2.75) is 26.3 Å². The molecule has 2 aromatic carbocycles. The second kappa shape index (κ2) is 6.24. The minimum Gasteiger partial charge on any atom is -0.496 e. The number of ether oxygens (including phenoxy) is 1. The summed E-state index contributed by atoms with van der Waals surface area (Å²) < 4.78 is 5.45. The van der Waals surface area contributed by atoms with E-state index in [1.807, 2.05) is 24.3 Å². The molecule has 0 aromatic heterocycles. The highest BCUT2D eigenvalue weighted by Gasteiger charge is 2.32. The number of para-hydroxylation sites is 1. The van der Waals surface area contributed by atoms with Gasteiger partial charge in [-0.1, -0.05) is 48.0 Å². The Bertz CT molecular complexity index is 750. The van der Waals surface area contributed by atoms with E-state index in [1.165, 1.54) is 5.56 Å². The van der Waals surface area contributed by atoms with Crippen molar-refractivity contribution in [2.75, 3.05) is 7.11 Å². The number of aryl methyl sites for hydroxylation is 1. The van der Waals surface area contributed by atoms with Crippen molar-refractivity contribution in [1.29, 1.82) is 0 Å². The van der Waals surface area contributed by atoms with Crippen molar-refractivity contribution in [3.8, 4) is 5.75 Å². The Labute approximate surface area is 136 Å². The molecular formula is C19H20N2O2. The highest BCUT2D eigenvalue weighted by Crippen LogP contribution is 2.37. The molecule has 0 spiro atoms. The van der Waals surface area contributed by atoms with Crippen molar-refractivity contribution in [3.63, 3.8) is 0 Å². The second-order valence-corrected chi connectivity index (χ2v) is 5.74. The lowest BCUT2D eigenvalue weighted by Crippen LogP contribution is -2.24. The number of benzene rings is 2. The summed E-state index contributed by atoms with van der Waals surface area (Å²) in [6.07, 6.45) is 0.684. The van der Waals surface area contributed by atoms with Crippen LogP contribution in [-0.2, 0) is 4.79 Å². The number of carbonyl (C=O) groups excluding carboxylic acids is 1. The summed E-state index contributed by atoms with van der Waals surface area (Å²) >= 11 is 0. The fourth-order valence-electron chi connectivity index (χ4n) is 2.90. The molecule has 0 fully saturated rings. The van der Waals surface area contributed by atoms with Crippen LogP contribution in [0.5, 0.6) is 5.75 Å². The Hall–Kier alpha value is -2.62. The smallest absolute Gasteiger partial charge is 0.240 e. The average Bonchev–Trinajstić information content (AvgIpc) is 3.01. The Kier molecular flexibility index (Phi) is 4.15. The van der Waals surface area contributed by atoms with Gasteiger partial charge in [-0.25, -0.2) is 5.01 Å². The molecule has 4 heteroatoms. The van der Waals surface area contributed by atoms with Crippen LogP contribution in [0.2, 0.25) is 0 Å². The first-order valence-corrected chi connectivity index (χ1v) is 7.67. The van der Waals surface area contributed by atoms with Gasteiger partial charge in [-0.3, -0.25) is 4.79 Å². The van der Waals surface area contributed by atoms with Crippen molar-refractivity contribution in [1.82, 2.24) is 5.01 Å². The molecular weight excluding hydrogens is 288 g/mol. The van der Waals surface area contributed by atoms with E-state index in [0.717, 1.165) is 22.6 Å². The van der Waals surface area contributed by atoms with Gasteiger partial charge in [0.2, 0.25) is 5.91 Å². The van der Waals surface area contributed by atoms with Gasteiger partial charge in [0.1, 0.15) is 5.75 Å². The average molecular weight is 308 g/mol. The lowest BCUT2D eigenvalue weighted by molar-refractivity contribution is -0.130. The van der Waals surface area contributed by atoms with Gasteiger partial charge in [-0.05, 0) is 18.6 Å². The third-order valence-corrected chi connectivity index (χ3v) is 4.12. The maximum atomic E-state index is 12.0. The highest BCUT2D eigenvalue weighted by molar-refractivity contribution is 6.03. The normalized spacial score (nSPS) is 17.1. The molecule has 0 saturated carbocycles. The number of hydrogen-bond acceptors (Lipinski definition) is 3. The molecule has 1 atom stereocenters. The minimum absolute atomic E-state index is 0.0667. The number of amides is 1. The molecule has 1 aliphatic heterocycles. The zero-order valence-electron chi connectivity index (χ0n) is 13.6. The molecule has 0 radical (unpaired) electrons. The maximum absolute atomic E-state index is 12.0. The van der Waals surface area contributed by atoms with Crippen LogP contribution < -0.4 is 4.74 Å². The summed E-state index contributed by atoms with van der Waals surface area (Å²) in [6.45, 7) is 3.60. The first kappa shape index (κ1) is 15.3. The monoisotopic (exact) mass is 308 g/mol. The summed E-state index contributed by atoms with van der Waals surface area (Å²) in [5.41, 5.74) is 4.17. The van der Waals surface area contributed by atoms with E-state index in [4.69, 9.17) is 4.74 Å². The highest BCUT2D eigenvalue weighted by atomic mass is 16.5. The van der Waals surface area contributed by atoms with Gasteiger partial charge in [-0.2, -0.15) is 5.10 Å². The zero-order valence-corrected chi connectivity index (χ0v) is 13.6. The summed E-state index contributed by atoms with van der Waals surface area (Å²) in [7, 11) is 1.65. The van der Waals surface area contributed by atoms with Gasteiger partial charge in [0.05, 0.1) is 18.9 Å². The molecule has 0 N–H and O–H groups in total. The summed E-state index contributed by atoms with van der Waals surface area (Å²) in [4.78, 5) is 12.0. The quantitative estimate of drug-likeness (QED) is 0.867. The third-order valence-electron chi connectivity index (χ3n) is 4.12. The van der Waals surface area contributed by atoms with Crippen molar-refractivity contribution in [2.24, 2.45) is 5.10 Å². The van der Waals surface area contributed by atoms with Crippen LogP contribution >= 0.6 is 0 Å². The van der Waals surface area contributed by atoms with Gasteiger partial charge < -0.3 is 4.74 Å². The van der Waals surface area contributed by atoms with Gasteiger partial charge >= 0.3 is 0 Å². The first-order chi connectivity index (χ1) is 11.1. The van der Waals surface area contributed by atoms with Crippen LogP contribution in [0.1, 0.15) is 36.1 Å². The van der Waals surface area contributed by atoms with E-state index in [1.54, 1.807) is 19.0 Å². The van der Waals surface area contributed by atoms with Crippen LogP contribution in [0.25, 0.3) is 0 Å². The minimum atomic E-state index is -0.125. The van der Waals surface area contributed by atoms with Gasteiger partial charge in [0.25, 0.3) is 0 Å². The van der Waals surface area contributed by atoms with E-state index in [0.29, 0.717) is 6.42 Å². The van der Waals surface area contributed by atoms with Crippen LogP contribution in [0.4, 0.5) is 0 Å². The molecule has 0 bridgehead atoms. The van der Waals surface area contributed by atoms with E-state index in [2.05, 4.69) is 36.3 Å². The number of methoxy groups -OCH3 is 1. The molecule has 0 aliphatic carbocycles. The number of hydrazone groups is 1. The van der Waals surface area contributed by atoms with E-state index >= 15 is 0 Å². The molecule has 1 amide bonds. The van der Waals surface area contributed by atoms with Crippen LogP contribution in [0, 0.1) is 6.92 Å². The Morgan fingerprint density at radius 1 is 1.17 bits per heavy atom. The van der Waals surface area contributed by atoms with Crippen molar-refractivity contribution < 1.29 is 9.53 Å². The molecule has 0 unspecified atom stereocenters. The molecule has 23 heavy (non-hydrogen) atoms. The van der Waals surface area contributed by atoms with E-state index in [-0.39, 0.29) is 11.9 Å². The molecule has 118 valence electrons. The standard InChI is InChI=1S/C19H20N2O2/c1-13-8-10-15(11-9-13)17-12-18(21(20-17)14(2)22)16-6-4-5-7-19(16)23-3/h4-11,18H,12H2,1-3H3/t18-/m0/s1. The Morgan fingerprint density at radius 3 is 2.52 bits per heavy atom. The number of carbonyl (C=O) groups is 1. The largest absolute Gasteiger partial charge is 0.496 e. The number of rotatable bonds is 3. The lowest BCUT2D eigenvalue weighted by atomic mass is 9.97. The predicted molar refractivity (Wildman–Crippen MR) is 90.6 cm³/mol. The lowest BCUT2D eigenvalue weighted by Gasteiger charge is -2.22. The Morgan fingerprint density at radius 2 is 1.87 bits per heavy atom. The van der Waals surface area contributed by atoms with Crippen LogP contribution in [0.3, 0.4) is 0 Å². The molecule has 1 heterocycles. The summed E-state index contributed by atoms with van der Waals surface area (Å²) in [5, 5.41) is 6.13. The summed E-state index contributed by atoms with van der Waals surface area (Å²) in [5.74, 6) is 0.715. The molecule has 2 aromatic rings. The molecule has 3 rings (SSSR count). The fraction of sp³-hybridized carbons (Fsp3) is 0.263. The van der Waals surface area contributed by atoms with Crippen molar-refractivity contribution >= 4 is 11.6 Å². The fourth-order valence-corrected chi connectivity index (χ4v) is 2.90. The predicted octanol–water partition coefficient (Wildman–Crippen LogP) is 3.70. The maximum Gasteiger partial charge on any atom is 0.240 e. The molecule has 4 nitrogen and oxygen atoms in total. The van der Waals surface area contributed by atoms with Crippen molar-refractivity contribution in [3.05, 3.63) is 65.2 Å². The van der Waals surface area contributed by atoms with Crippen LogP contribution in [-0.4, -0.2) is 23.7 Å².